The summed E-state index contributed by atoms with van der Waals surface area (Å²) < 4.78 is 0. The first-order chi connectivity index (χ1) is 8.21. The maximum absolute atomic E-state index is 9.23. The zero-order chi connectivity index (χ0) is 12.3. The Morgan fingerprint density at radius 1 is 1.12 bits per heavy atom. The highest BCUT2D eigenvalue weighted by molar-refractivity contribution is 5.86. The fourth-order valence-corrected chi connectivity index (χ4v) is 2.32. The molecule has 0 aliphatic carbocycles. The van der Waals surface area contributed by atoms with Crippen LogP contribution in [0.5, 0.6) is 0 Å². The largest absolute Gasteiger partial charge is 0.396 e. The van der Waals surface area contributed by atoms with E-state index in [0.29, 0.717) is 6.42 Å². The molecule has 0 radical (unpaired) electrons. The molecule has 0 aliphatic rings. The van der Waals surface area contributed by atoms with Gasteiger partial charge >= 0.3 is 0 Å². The molecule has 2 nitrogen and oxygen atoms in total. The van der Waals surface area contributed by atoms with Gasteiger partial charge in [0.15, 0.2) is 0 Å². The second kappa shape index (κ2) is 4.86. The standard InChI is InChI=1S/C15H19NO/c1-15(16-2,10-11-17)14-9-5-7-12-6-3-4-8-13(12)14/h3-9,16-17H,10-11H2,1-2H3. The second-order valence-electron chi connectivity index (χ2n) is 4.58. The Bertz CT molecular complexity index is 504. The van der Waals surface area contributed by atoms with E-state index in [9.17, 15) is 5.11 Å². The topological polar surface area (TPSA) is 32.3 Å². The third kappa shape index (κ3) is 2.19. The van der Waals surface area contributed by atoms with Crippen molar-refractivity contribution in [2.24, 2.45) is 0 Å². The molecular weight excluding hydrogens is 210 g/mol. The number of hydrogen-bond acceptors (Lipinski definition) is 2. The van der Waals surface area contributed by atoms with Gasteiger partial charge in [0.2, 0.25) is 0 Å². The minimum atomic E-state index is -0.185. The Hall–Kier alpha value is -1.38. The van der Waals surface area contributed by atoms with Crippen molar-refractivity contribution in [1.29, 1.82) is 0 Å². The van der Waals surface area contributed by atoms with Crippen LogP contribution in [0.2, 0.25) is 0 Å². The van der Waals surface area contributed by atoms with Crippen molar-refractivity contribution < 1.29 is 5.11 Å². The van der Waals surface area contributed by atoms with Gasteiger partial charge in [-0.2, -0.15) is 0 Å². The van der Waals surface area contributed by atoms with Gasteiger partial charge in [-0.3, -0.25) is 0 Å². The van der Waals surface area contributed by atoms with Gasteiger partial charge in [0.05, 0.1) is 0 Å². The number of aliphatic hydroxyl groups is 1. The van der Waals surface area contributed by atoms with Crippen LogP contribution in [-0.4, -0.2) is 18.8 Å². The molecule has 0 spiro atoms. The normalized spacial score (nSPS) is 14.8. The van der Waals surface area contributed by atoms with Crippen LogP contribution in [0.1, 0.15) is 18.9 Å². The molecule has 0 saturated heterocycles. The third-order valence-electron chi connectivity index (χ3n) is 3.55. The smallest absolute Gasteiger partial charge is 0.0451 e. The molecule has 2 heteroatoms. The summed E-state index contributed by atoms with van der Waals surface area (Å²) in [6.45, 7) is 2.31. The lowest BCUT2D eigenvalue weighted by atomic mass is 9.85. The van der Waals surface area contributed by atoms with Gasteiger partial charge in [0, 0.05) is 12.1 Å². The summed E-state index contributed by atoms with van der Waals surface area (Å²) in [6.07, 6.45) is 0.706. The Labute approximate surface area is 102 Å². The maximum atomic E-state index is 9.23. The van der Waals surface area contributed by atoms with Gasteiger partial charge in [-0.15, -0.1) is 0 Å². The summed E-state index contributed by atoms with van der Waals surface area (Å²) in [5.41, 5.74) is 1.06. The van der Waals surface area contributed by atoms with Crippen molar-refractivity contribution in [2.45, 2.75) is 18.9 Å². The lowest BCUT2D eigenvalue weighted by Gasteiger charge is -2.30. The average Bonchev–Trinajstić information content (AvgIpc) is 2.38. The van der Waals surface area contributed by atoms with Crippen LogP contribution in [0.25, 0.3) is 10.8 Å². The van der Waals surface area contributed by atoms with Crippen molar-refractivity contribution in [2.75, 3.05) is 13.7 Å². The highest BCUT2D eigenvalue weighted by Gasteiger charge is 2.25. The van der Waals surface area contributed by atoms with Gasteiger partial charge in [0.25, 0.3) is 0 Å². The predicted molar refractivity (Wildman–Crippen MR) is 72.1 cm³/mol. The zero-order valence-electron chi connectivity index (χ0n) is 10.4. The molecule has 0 fully saturated rings. The molecule has 0 aliphatic heterocycles. The van der Waals surface area contributed by atoms with E-state index in [1.54, 1.807) is 0 Å². The van der Waals surface area contributed by atoms with E-state index in [-0.39, 0.29) is 12.1 Å². The zero-order valence-corrected chi connectivity index (χ0v) is 10.4. The van der Waals surface area contributed by atoms with Gasteiger partial charge in [0.1, 0.15) is 0 Å². The van der Waals surface area contributed by atoms with Crippen molar-refractivity contribution in [3.63, 3.8) is 0 Å². The quantitative estimate of drug-likeness (QED) is 0.844. The minimum absolute atomic E-state index is 0.181. The SMILES string of the molecule is CNC(C)(CCO)c1cccc2ccccc12. The number of benzene rings is 2. The van der Waals surface area contributed by atoms with E-state index in [0.717, 1.165) is 0 Å². The minimum Gasteiger partial charge on any atom is -0.396 e. The molecule has 90 valence electrons. The fourth-order valence-electron chi connectivity index (χ4n) is 2.32. The summed E-state index contributed by atoms with van der Waals surface area (Å²) in [7, 11) is 1.94. The van der Waals surface area contributed by atoms with Crippen molar-refractivity contribution in [1.82, 2.24) is 5.32 Å². The Morgan fingerprint density at radius 3 is 2.53 bits per heavy atom. The summed E-state index contributed by atoms with van der Waals surface area (Å²) in [6, 6.07) is 14.7. The fraction of sp³-hybridized carbons (Fsp3) is 0.333. The maximum Gasteiger partial charge on any atom is 0.0451 e. The molecule has 0 heterocycles. The molecule has 1 atom stereocenters. The molecule has 0 aromatic heterocycles. The molecule has 2 N–H and O–H groups in total. The third-order valence-corrected chi connectivity index (χ3v) is 3.55. The van der Waals surface area contributed by atoms with Crippen LogP contribution in [0.4, 0.5) is 0 Å². The summed E-state index contributed by atoms with van der Waals surface area (Å²) >= 11 is 0. The van der Waals surface area contributed by atoms with E-state index >= 15 is 0 Å². The number of fused-ring (bicyclic) bond motifs is 1. The van der Waals surface area contributed by atoms with Crippen molar-refractivity contribution in [3.05, 3.63) is 48.0 Å². The molecule has 1 unspecified atom stereocenters. The van der Waals surface area contributed by atoms with Crippen LogP contribution in [0.3, 0.4) is 0 Å². The number of nitrogens with one attached hydrogen (secondary N) is 1. The second-order valence-corrected chi connectivity index (χ2v) is 4.58. The molecule has 17 heavy (non-hydrogen) atoms. The summed E-state index contributed by atoms with van der Waals surface area (Å²) in [4.78, 5) is 0. The highest BCUT2D eigenvalue weighted by atomic mass is 16.3. The van der Waals surface area contributed by atoms with Crippen LogP contribution < -0.4 is 5.32 Å². The highest BCUT2D eigenvalue weighted by Crippen LogP contribution is 2.30. The summed E-state index contributed by atoms with van der Waals surface area (Å²) in [5.74, 6) is 0. The number of aliphatic hydroxyl groups excluding tert-OH is 1. The summed E-state index contributed by atoms with van der Waals surface area (Å²) in [5, 5.41) is 15.0. The number of hydrogen-bond donors (Lipinski definition) is 2. The predicted octanol–water partition coefficient (Wildman–Crippen LogP) is 2.66. The van der Waals surface area contributed by atoms with Crippen LogP contribution in [0.15, 0.2) is 42.5 Å². The van der Waals surface area contributed by atoms with Gasteiger partial charge < -0.3 is 10.4 Å². The van der Waals surface area contributed by atoms with E-state index in [4.69, 9.17) is 0 Å². The van der Waals surface area contributed by atoms with Gasteiger partial charge in [-0.25, -0.2) is 0 Å². The number of rotatable bonds is 4. The van der Waals surface area contributed by atoms with Crippen LogP contribution in [0, 0.1) is 0 Å². The molecule has 2 rings (SSSR count). The van der Waals surface area contributed by atoms with Crippen LogP contribution in [-0.2, 0) is 5.54 Å². The monoisotopic (exact) mass is 229 g/mol. The van der Waals surface area contributed by atoms with Gasteiger partial charge in [-0.05, 0) is 36.7 Å². The van der Waals surface area contributed by atoms with E-state index in [1.807, 2.05) is 7.05 Å². The van der Waals surface area contributed by atoms with Crippen LogP contribution >= 0.6 is 0 Å². The first-order valence-corrected chi connectivity index (χ1v) is 5.99. The lowest BCUT2D eigenvalue weighted by Crippen LogP contribution is -2.37. The molecular formula is C15H19NO. The first kappa shape index (κ1) is 12.1. The molecule has 0 amide bonds. The van der Waals surface area contributed by atoms with E-state index in [2.05, 4.69) is 54.7 Å². The van der Waals surface area contributed by atoms with E-state index in [1.165, 1.54) is 16.3 Å². The molecule has 2 aromatic rings. The van der Waals surface area contributed by atoms with E-state index < -0.39 is 0 Å². The Kier molecular flexibility index (Phi) is 3.46. The first-order valence-electron chi connectivity index (χ1n) is 5.99. The van der Waals surface area contributed by atoms with Crippen molar-refractivity contribution in [3.8, 4) is 0 Å². The molecule has 0 saturated carbocycles. The van der Waals surface area contributed by atoms with Crippen molar-refractivity contribution >= 4 is 10.8 Å². The Balaban J connectivity index is 2.61. The average molecular weight is 229 g/mol. The lowest BCUT2D eigenvalue weighted by molar-refractivity contribution is 0.229. The molecule has 2 aromatic carbocycles. The molecule has 0 bridgehead atoms. The van der Waals surface area contributed by atoms with Gasteiger partial charge in [-0.1, -0.05) is 42.5 Å². The Morgan fingerprint density at radius 2 is 1.82 bits per heavy atom.